The quantitative estimate of drug-likeness (QED) is 0.901. The van der Waals surface area contributed by atoms with Gasteiger partial charge >= 0.3 is 6.18 Å². The van der Waals surface area contributed by atoms with Crippen molar-refractivity contribution in [3.8, 4) is 0 Å². The molecule has 0 spiro atoms. The minimum atomic E-state index is -4.45. The molecule has 8 heteroatoms. The lowest BCUT2D eigenvalue weighted by atomic mass is 9.97. The molecule has 5 nitrogen and oxygen atoms in total. The molecule has 1 aliphatic rings. The van der Waals surface area contributed by atoms with Gasteiger partial charge in [-0.05, 0) is 25.0 Å². The summed E-state index contributed by atoms with van der Waals surface area (Å²) in [7, 11) is 3.57. The largest absolute Gasteiger partial charge is 0.408 e. The fraction of sp³-hybridized carbons (Fsp3) is 0.571. The Balaban J connectivity index is 2.24. The Morgan fingerprint density at radius 3 is 2.55 bits per heavy atom. The van der Waals surface area contributed by atoms with Gasteiger partial charge in [-0.1, -0.05) is 0 Å². The summed E-state index contributed by atoms with van der Waals surface area (Å²) in [6.07, 6.45) is -3.07. The molecule has 2 atom stereocenters. The van der Waals surface area contributed by atoms with Crippen LogP contribution in [0.2, 0.25) is 0 Å². The molecule has 0 saturated carbocycles. The summed E-state index contributed by atoms with van der Waals surface area (Å²) in [6, 6.07) is 0.864. The molecule has 122 valence electrons. The maximum atomic E-state index is 13.1. The van der Waals surface area contributed by atoms with Gasteiger partial charge in [0.05, 0.1) is 5.56 Å². The summed E-state index contributed by atoms with van der Waals surface area (Å²) in [5, 5.41) is 0. The first-order valence-corrected chi connectivity index (χ1v) is 6.97. The van der Waals surface area contributed by atoms with Gasteiger partial charge in [0.25, 0.3) is 5.91 Å². The highest BCUT2D eigenvalue weighted by atomic mass is 19.4. The van der Waals surface area contributed by atoms with Gasteiger partial charge in [-0.15, -0.1) is 0 Å². The molecule has 22 heavy (non-hydrogen) atoms. The lowest BCUT2D eigenvalue weighted by Crippen LogP contribution is -2.56. The second kappa shape index (κ2) is 6.12. The molecule has 1 aromatic rings. The number of piperidine rings is 1. The first-order chi connectivity index (χ1) is 10.2. The van der Waals surface area contributed by atoms with E-state index in [0.29, 0.717) is 5.82 Å². The van der Waals surface area contributed by atoms with Crippen molar-refractivity contribution in [2.75, 3.05) is 25.5 Å². The van der Waals surface area contributed by atoms with E-state index in [9.17, 15) is 18.0 Å². The zero-order valence-corrected chi connectivity index (χ0v) is 12.5. The molecule has 0 radical (unpaired) electrons. The first-order valence-electron chi connectivity index (χ1n) is 6.97. The monoisotopic (exact) mass is 316 g/mol. The molecule has 1 aromatic heterocycles. The minimum absolute atomic E-state index is 0.0988. The van der Waals surface area contributed by atoms with E-state index in [-0.39, 0.29) is 24.9 Å². The average Bonchev–Trinajstić information content (AvgIpc) is 2.45. The second-order valence-corrected chi connectivity index (χ2v) is 5.65. The number of hydrogen-bond donors (Lipinski definition) is 1. The standard InChI is InChI=1S/C14H19F3N4O/c1-20(2)12-6-3-9(7-19-12)13(22)21-8-10(18)4-5-11(21)14(15,16)17/h3,6-7,10-11H,4-5,8,18H2,1-2H3. The van der Waals surface area contributed by atoms with Crippen molar-refractivity contribution in [1.29, 1.82) is 0 Å². The van der Waals surface area contributed by atoms with Gasteiger partial charge in [-0.25, -0.2) is 4.98 Å². The molecule has 0 aromatic carbocycles. The molecule has 1 amide bonds. The van der Waals surface area contributed by atoms with Crippen molar-refractivity contribution in [2.45, 2.75) is 31.1 Å². The van der Waals surface area contributed by atoms with E-state index in [1.165, 1.54) is 12.3 Å². The number of anilines is 1. The van der Waals surface area contributed by atoms with Crippen LogP contribution in [-0.4, -0.2) is 54.7 Å². The van der Waals surface area contributed by atoms with Gasteiger partial charge in [0.1, 0.15) is 11.9 Å². The Hall–Kier alpha value is -1.83. The lowest BCUT2D eigenvalue weighted by molar-refractivity contribution is -0.184. The average molecular weight is 316 g/mol. The topological polar surface area (TPSA) is 62.5 Å². The van der Waals surface area contributed by atoms with Crippen LogP contribution in [0.5, 0.6) is 0 Å². The molecule has 2 N–H and O–H groups in total. The number of hydrogen-bond acceptors (Lipinski definition) is 4. The highest BCUT2D eigenvalue weighted by Gasteiger charge is 2.47. The number of carbonyl (C=O) groups is 1. The highest BCUT2D eigenvalue weighted by Crippen LogP contribution is 2.32. The van der Waals surface area contributed by atoms with Gasteiger partial charge in [-0.2, -0.15) is 13.2 Å². The van der Waals surface area contributed by atoms with Crippen molar-refractivity contribution in [1.82, 2.24) is 9.88 Å². The number of amides is 1. The van der Waals surface area contributed by atoms with Crippen LogP contribution in [0.25, 0.3) is 0 Å². The Bertz CT molecular complexity index is 530. The van der Waals surface area contributed by atoms with Crippen LogP contribution in [0.4, 0.5) is 19.0 Å². The van der Waals surface area contributed by atoms with Crippen molar-refractivity contribution in [2.24, 2.45) is 5.73 Å². The Kier molecular flexibility index (Phi) is 4.60. The van der Waals surface area contributed by atoms with Crippen LogP contribution < -0.4 is 10.6 Å². The van der Waals surface area contributed by atoms with Crippen LogP contribution in [0.1, 0.15) is 23.2 Å². The third-order valence-corrected chi connectivity index (χ3v) is 3.71. The maximum Gasteiger partial charge on any atom is 0.408 e. The molecule has 2 heterocycles. The van der Waals surface area contributed by atoms with E-state index in [4.69, 9.17) is 5.73 Å². The number of nitrogens with two attached hydrogens (primary N) is 1. The van der Waals surface area contributed by atoms with Gasteiger partial charge in [0, 0.05) is 32.9 Å². The fourth-order valence-corrected chi connectivity index (χ4v) is 2.51. The molecule has 1 fully saturated rings. The number of nitrogens with zero attached hydrogens (tertiary/aromatic N) is 3. The number of likely N-dealkylation sites (tertiary alicyclic amines) is 1. The first kappa shape index (κ1) is 16.5. The third kappa shape index (κ3) is 3.49. The van der Waals surface area contributed by atoms with Crippen molar-refractivity contribution in [3.05, 3.63) is 23.9 Å². The van der Waals surface area contributed by atoms with E-state index < -0.39 is 24.2 Å². The number of halogens is 3. The van der Waals surface area contributed by atoms with E-state index in [1.54, 1.807) is 25.1 Å². The molecular formula is C14H19F3N4O. The summed E-state index contributed by atoms with van der Waals surface area (Å²) in [5.74, 6) is -0.0606. The maximum absolute atomic E-state index is 13.1. The summed E-state index contributed by atoms with van der Waals surface area (Å²) in [4.78, 5) is 19.0. The SMILES string of the molecule is CN(C)c1ccc(C(=O)N2CC(N)CCC2C(F)(F)F)cn1. The molecule has 2 unspecified atom stereocenters. The number of pyridine rings is 1. The van der Waals surface area contributed by atoms with E-state index in [1.807, 2.05) is 0 Å². The van der Waals surface area contributed by atoms with Crippen LogP contribution >= 0.6 is 0 Å². The fourth-order valence-electron chi connectivity index (χ4n) is 2.51. The smallest absolute Gasteiger partial charge is 0.363 e. The van der Waals surface area contributed by atoms with Gasteiger partial charge in [0.15, 0.2) is 0 Å². The lowest BCUT2D eigenvalue weighted by Gasteiger charge is -2.39. The van der Waals surface area contributed by atoms with E-state index in [2.05, 4.69) is 4.98 Å². The number of rotatable bonds is 2. The summed E-state index contributed by atoms with van der Waals surface area (Å²) < 4.78 is 39.3. The predicted molar refractivity (Wildman–Crippen MR) is 76.7 cm³/mol. The van der Waals surface area contributed by atoms with E-state index in [0.717, 1.165) is 4.90 Å². The van der Waals surface area contributed by atoms with E-state index >= 15 is 0 Å². The van der Waals surface area contributed by atoms with Crippen LogP contribution in [0, 0.1) is 0 Å². The van der Waals surface area contributed by atoms with Gasteiger partial charge < -0.3 is 15.5 Å². The molecule has 1 saturated heterocycles. The summed E-state index contributed by atoms with van der Waals surface area (Å²) in [5.41, 5.74) is 5.86. The highest BCUT2D eigenvalue weighted by molar-refractivity contribution is 5.94. The van der Waals surface area contributed by atoms with Crippen molar-refractivity contribution >= 4 is 11.7 Å². The number of carbonyl (C=O) groups excluding carboxylic acids is 1. The Morgan fingerprint density at radius 1 is 1.36 bits per heavy atom. The van der Waals surface area contributed by atoms with Gasteiger partial charge in [-0.3, -0.25) is 4.79 Å². The molecule has 2 rings (SSSR count). The third-order valence-electron chi connectivity index (χ3n) is 3.71. The predicted octanol–water partition coefficient (Wildman–Crippen LogP) is 1.64. The van der Waals surface area contributed by atoms with Crippen molar-refractivity contribution in [3.63, 3.8) is 0 Å². The molecular weight excluding hydrogens is 297 g/mol. The number of alkyl halides is 3. The molecule has 1 aliphatic heterocycles. The van der Waals surface area contributed by atoms with Crippen molar-refractivity contribution < 1.29 is 18.0 Å². The summed E-state index contributed by atoms with van der Waals surface area (Å²) in [6.45, 7) is -0.0988. The molecule has 0 bridgehead atoms. The van der Waals surface area contributed by atoms with Gasteiger partial charge in [0.2, 0.25) is 0 Å². The number of aromatic nitrogens is 1. The zero-order chi connectivity index (χ0) is 16.5. The summed E-state index contributed by atoms with van der Waals surface area (Å²) >= 11 is 0. The van der Waals surface area contributed by atoms with Crippen LogP contribution in [0.3, 0.4) is 0 Å². The Morgan fingerprint density at radius 2 is 2.05 bits per heavy atom. The second-order valence-electron chi connectivity index (χ2n) is 5.65. The minimum Gasteiger partial charge on any atom is -0.363 e. The van der Waals surface area contributed by atoms with Crippen LogP contribution in [0.15, 0.2) is 18.3 Å². The molecule has 0 aliphatic carbocycles. The van der Waals surface area contributed by atoms with Crippen LogP contribution in [-0.2, 0) is 0 Å². The Labute approximate surface area is 126 Å². The normalized spacial score (nSPS) is 22.5. The zero-order valence-electron chi connectivity index (χ0n) is 12.5.